The number of aromatic nitrogens is 2. The molecule has 0 aliphatic carbocycles. The van der Waals surface area contributed by atoms with Crippen LogP contribution in [-0.4, -0.2) is 85.5 Å². The number of likely N-dealkylation sites (tertiary alicyclic amines) is 1. The fourth-order valence-corrected chi connectivity index (χ4v) is 5.16. The van der Waals surface area contributed by atoms with Gasteiger partial charge in [0.15, 0.2) is 0 Å². The van der Waals surface area contributed by atoms with Crippen LogP contribution in [0.15, 0.2) is 42.7 Å². The second kappa shape index (κ2) is 13.5. The first kappa shape index (κ1) is 32.5. The van der Waals surface area contributed by atoms with Crippen LogP contribution in [-0.2, 0) is 14.4 Å². The van der Waals surface area contributed by atoms with E-state index in [2.05, 4.69) is 31.2 Å². The first-order valence-electron chi connectivity index (χ1n) is 14.8. The number of rotatable bonds is 10. The Kier molecular flexibility index (Phi) is 9.93. The summed E-state index contributed by atoms with van der Waals surface area (Å²) < 4.78 is 5.61. The van der Waals surface area contributed by atoms with E-state index in [1.54, 1.807) is 31.0 Å². The number of benzene rings is 2. The van der Waals surface area contributed by atoms with Crippen molar-refractivity contribution in [2.75, 3.05) is 50.3 Å². The highest BCUT2D eigenvalue weighted by Gasteiger charge is 2.42. The van der Waals surface area contributed by atoms with E-state index < -0.39 is 23.5 Å². The van der Waals surface area contributed by atoms with Crippen LogP contribution < -0.4 is 30.9 Å². The maximum absolute atomic E-state index is 13.8. The molecule has 1 aliphatic rings. The van der Waals surface area contributed by atoms with Crippen LogP contribution in [0.3, 0.4) is 0 Å². The SMILES string of the molecule is CN[C@@H](C)C(=O)N[C@H](C(=O)N1CCC[C@H]1C(=O)Nc1cc2c(Nc3ccc(N(C)C)cc3)ncnc2cc1OC)C(C)(C)C. The number of nitrogens with zero attached hydrogens (tertiary/aromatic N) is 4. The lowest BCUT2D eigenvalue weighted by atomic mass is 9.85. The zero-order valence-electron chi connectivity index (χ0n) is 26.8. The number of likely N-dealkylation sites (N-methyl/N-ethyl adjacent to an activating group) is 1. The molecule has 44 heavy (non-hydrogen) atoms. The zero-order chi connectivity index (χ0) is 32.2. The van der Waals surface area contributed by atoms with Crippen LogP contribution in [0.5, 0.6) is 5.75 Å². The van der Waals surface area contributed by atoms with Crippen LogP contribution in [0.2, 0.25) is 0 Å². The van der Waals surface area contributed by atoms with E-state index in [4.69, 9.17) is 4.74 Å². The molecular weight excluding hydrogens is 560 g/mol. The van der Waals surface area contributed by atoms with Crippen LogP contribution in [0.25, 0.3) is 10.9 Å². The van der Waals surface area contributed by atoms with Gasteiger partial charge in [0.1, 0.15) is 30.0 Å². The van der Waals surface area contributed by atoms with Gasteiger partial charge in [-0.3, -0.25) is 14.4 Å². The zero-order valence-corrected chi connectivity index (χ0v) is 26.8. The van der Waals surface area contributed by atoms with E-state index in [1.165, 1.54) is 13.4 Å². The van der Waals surface area contributed by atoms with Crippen LogP contribution in [0, 0.1) is 5.41 Å². The molecule has 2 aromatic carbocycles. The minimum atomic E-state index is -0.799. The number of anilines is 4. The van der Waals surface area contributed by atoms with Gasteiger partial charge in [-0.2, -0.15) is 0 Å². The fraction of sp³-hybridized carbons (Fsp3) is 0.469. The summed E-state index contributed by atoms with van der Waals surface area (Å²) in [7, 11) is 7.18. The number of methoxy groups -OCH3 is 1. The number of hydrogen-bond acceptors (Lipinski definition) is 9. The second-order valence-electron chi connectivity index (χ2n) is 12.4. The van der Waals surface area contributed by atoms with Crippen molar-refractivity contribution in [3.8, 4) is 5.75 Å². The topological polar surface area (TPSA) is 141 Å². The molecule has 236 valence electrons. The molecule has 4 N–H and O–H groups in total. The van der Waals surface area contributed by atoms with Crippen molar-refractivity contribution < 1.29 is 19.1 Å². The summed E-state index contributed by atoms with van der Waals surface area (Å²) in [6, 6.07) is 9.50. The Balaban J connectivity index is 1.59. The smallest absolute Gasteiger partial charge is 0.247 e. The molecule has 2 heterocycles. The molecule has 0 spiro atoms. The van der Waals surface area contributed by atoms with E-state index in [-0.39, 0.29) is 17.7 Å². The molecule has 0 radical (unpaired) electrons. The summed E-state index contributed by atoms with van der Waals surface area (Å²) in [6.07, 6.45) is 2.65. The first-order chi connectivity index (χ1) is 20.8. The van der Waals surface area contributed by atoms with E-state index >= 15 is 0 Å². The van der Waals surface area contributed by atoms with Gasteiger partial charge in [0.2, 0.25) is 17.7 Å². The number of nitrogens with one attached hydrogen (secondary N) is 4. The Bertz CT molecular complexity index is 1500. The maximum Gasteiger partial charge on any atom is 0.247 e. The number of ether oxygens (including phenoxy) is 1. The normalized spacial score (nSPS) is 16.3. The lowest BCUT2D eigenvalue weighted by Crippen LogP contribution is -2.59. The third-order valence-electron chi connectivity index (χ3n) is 7.93. The third-order valence-corrected chi connectivity index (χ3v) is 7.93. The second-order valence-corrected chi connectivity index (χ2v) is 12.4. The minimum absolute atomic E-state index is 0.276. The van der Waals surface area contributed by atoms with E-state index in [0.717, 1.165) is 11.4 Å². The fourth-order valence-electron chi connectivity index (χ4n) is 5.16. The Morgan fingerprint density at radius 2 is 1.80 bits per heavy atom. The highest BCUT2D eigenvalue weighted by atomic mass is 16.5. The predicted molar refractivity (Wildman–Crippen MR) is 173 cm³/mol. The number of hydrogen-bond donors (Lipinski definition) is 4. The first-order valence-corrected chi connectivity index (χ1v) is 14.8. The highest BCUT2D eigenvalue weighted by molar-refractivity contribution is 6.03. The Morgan fingerprint density at radius 3 is 2.41 bits per heavy atom. The molecule has 0 unspecified atom stereocenters. The van der Waals surface area contributed by atoms with Gasteiger partial charge in [-0.15, -0.1) is 0 Å². The van der Waals surface area contributed by atoms with Gasteiger partial charge in [0, 0.05) is 43.5 Å². The quantitative estimate of drug-likeness (QED) is 0.274. The number of amides is 3. The highest BCUT2D eigenvalue weighted by Crippen LogP contribution is 2.34. The summed E-state index contributed by atoms with van der Waals surface area (Å²) in [5.74, 6) is 0.117. The average molecular weight is 605 g/mol. The molecule has 1 fully saturated rings. The van der Waals surface area contributed by atoms with Crippen LogP contribution in [0.4, 0.5) is 22.9 Å². The third kappa shape index (κ3) is 7.19. The van der Waals surface area contributed by atoms with E-state index in [0.29, 0.717) is 47.5 Å². The minimum Gasteiger partial charge on any atom is -0.494 e. The van der Waals surface area contributed by atoms with Gasteiger partial charge in [-0.25, -0.2) is 9.97 Å². The molecule has 1 aromatic heterocycles. The number of carbonyl (C=O) groups excluding carboxylic acids is 3. The lowest BCUT2D eigenvalue weighted by Gasteiger charge is -2.36. The van der Waals surface area contributed by atoms with Gasteiger partial charge >= 0.3 is 0 Å². The molecular formula is C32H44N8O4. The van der Waals surface area contributed by atoms with Crippen LogP contribution >= 0.6 is 0 Å². The van der Waals surface area contributed by atoms with Crippen molar-refractivity contribution in [1.82, 2.24) is 25.5 Å². The molecule has 4 rings (SSSR count). The van der Waals surface area contributed by atoms with Crippen LogP contribution in [0.1, 0.15) is 40.5 Å². The standard InChI is InChI=1S/C32H44N8O4/c1-19(33-5)29(41)38-27(32(2,3)4)31(43)40-15-9-10-25(40)30(42)37-24-16-22-23(17-26(24)44-8)34-18-35-28(22)36-20-11-13-21(14-12-20)39(6)7/h11-14,16-19,25,27,33H,9-10,15H2,1-8H3,(H,37,42)(H,38,41)(H,34,35,36)/t19-,25-,27+/m0/s1. The molecule has 1 saturated heterocycles. The molecule has 0 saturated carbocycles. The van der Waals surface area contributed by atoms with Crippen molar-refractivity contribution in [1.29, 1.82) is 0 Å². The maximum atomic E-state index is 13.8. The molecule has 3 amide bonds. The lowest BCUT2D eigenvalue weighted by molar-refractivity contribution is -0.143. The molecule has 12 heteroatoms. The Morgan fingerprint density at radius 1 is 1.09 bits per heavy atom. The van der Waals surface area contributed by atoms with Gasteiger partial charge < -0.3 is 35.8 Å². The molecule has 0 bridgehead atoms. The summed E-state index contributed by atoms with van der Waals surface area (Å²) in [6.45, 7) is 7.85. The number of carbonyl (C=O) groups is 3. The largest absolute Gasteiger partial charge is 0.494 e. The molecule has 3 atom stereocenters. The predicted octanol–water partition coefficient (Wildman–Crippen LogP) is 3.52. The molecule has 1 aliphatic heterocycles. The van der Waals surface area contributed by atoms with Gasteiger partial charge in [-0.1, -0.05) is 20.8 Å². The Labute approximate surface area is 258 Å². The van der Waals surface area contributed by atoms with Gasteiger partial charge in [0.25, 0.3) is 0 Å². The van der Waals surface area contributed by atoms with E-state index in [9.17, 15) is 14.4 Å². The van der Waals surface area contributed by atoms with Crippen molar-refractivity contribution >= 4 is 51.5 Å². The van der Waals surface area contributed by atoms with Gasteiger partial charge in [-0.05, 0) is 62.6 Å². The van der Waals surface area contributed by atoms with Gasteiger partial charge in [0.05, 0.1) is 24.4 Å². The average Bonchev–Trinajstić information content (AvgIpc) is 3.49. The van der Waals surface area contributed by atoms with Crippen molar-refractivity contribution in [3.05, 3.63) is 42.7 Å². The Hall–Kier alpha value is -4.45. The van der Waals surface area contributed by atoms with Crippen molar-refractivity contribution in [2.24, 2.45) is 5.41 Å². The monoisotopic (exact) mass is 604 g/mol. The van der Waals surface area contributed by atoms with E-state index in [1.807, 2.05) is 64.0 Å². The summed E-state index contributed by atoms with van der Waals surface area (Å²) >= 11 is 0. The van der Waals surface area contributed by atoms with Crippen molar-refractivity contribution in [2.45, 2.75) is 58.7 Å². The summed E-state index contributed by atoms with van der Waals surface area (Å²) in [5.41, 5.74) is 2.43. The molecule has 3 aromatic rings. The summed E-state index contributed by atoms with van der Waals surface area (Å²) in [5, 5.41) is 12.8. The number of fused-ring (bicyclic) bond motifs is 1. The summed E-state index contributed by atoms with van der Waals surface area (Å²) in [4.78, 5) is 52.8. The molecule has 12 nitrogen and oxygen atoms in total. The van der Waals surface area contributed by atoms with Crippen molar-refractivity contribution in [3.63, 3.8) is 0 Å².